The van der Waals surface area contributed by atoms with Gasteiger partial charge in [-0.15, -0.1) is 0 Å². The van der Waals surface area contributed by atoms with E-state index in [9.17, 15) is 14.4 Å². The predicted molar refractivity (Wildman–Crippen MR) is 83.9 cm³/mol. The topological polar surface area (TPSA) is 78.5 Å². The number of ketones is 1. The van der Waals surface area contributed by atoms with Crippen molar-refractivity contribution < 1.29 is 14.4 Å². The number of benzene rings is 1. The minimum atomic E-state index is -0.575. The van der Waals surface area contributed by atoms with Crippen LogP contribution in [0.3, 0.4) is 0 Å². The molecular weight excluding hydrogens is 282 g/mol. The molecule has 6 nitrogen and oxygen atoms in total. The molecule has 1 aliphatic heterocycles. The maximum Gasteiger partial charge on any atom is 0.319 e. The molecule has 6 heteroatoms. The first-order valence-corrected chi connectivity index (χ1v) is 7.44. The molecule has 1 aliphatic rings. The zero-order valence-corrected chi connectivity index (χ0v) is 12.9. The van der Waals surface area contributed by atoms with Crippen LogP contribution in [0.1, 0.15) is 37.0 Å². The third kappa shape index (κ3) is 4.07. The zero-order chi connectivity index (χ0) is 16.1. The van der Waals surface area contributed by atoms with Crippen LogP contribution in [0.15, 0.2) is 24.3 Å². The Hall–Kier alpha value is -2.37. The molecule has 0 radical (unpaired) electrons. The Bertz CT molecular complexity index is 580. The second kappa shape index (κ2) is 7.06. The first-order valence-electron chi connectivity index (χ1n) is 7.44. The van der Waals surface area contributed by atoms with Gasteiger partial charge < -0.3 is 15.5 Å². The fourth-order valence-corrected chi connectivity index (χ4v) is 2.45. The van der Waals surface area contributed by atoms with Crippen molar-refractivity contribution in [2.75, 3.05) is 18.4 Å². The van der Waals surface area contributed by atoms with Crippen LogP contribution in [-0.4, -0.2) is 41.8 Å². The van der Waals surface area contributed by atoms with Crippen LogP contribution < -0.4 is 10.6 Å². The molecule has 0 aliphatic carbocycles. The average Bonchev–Trinajstić information content (AvgIpc) is 3.00. The SMILES string of the molecule is CC(=O)c1cccc(NC(=O)N[C@H](C)C(=O)N2CCCC2)c1. The smallest absolute Gasteiger partial charge is 0.319 e. The van der Waals surface area contributed by atoms with Crippen molar-refractivity contribution in [3.05, 3.63) is 29.8 Å². The van der Waals surface area contributed by atoms with Gasteiger partial charge in [-0.05, 0) is 38.8 Å². The maximum atomic E-state index is 12.1. The minimum Gasteiger partial charge on any atom is -0.341 e. The van der Waals surface area contributed by atoms with Gasteiger partial charge in [0.2, 0.25) is 5.91 Å². The molecule has 1 fully saturated rings. The quantitative estimate of drug-likeness (QED) is 0.835. The minimum absolute atomic E-state index is 0.0647. The lowest BCUT2D eigenvalue weighted by Crippen LogP contribution is -2.47. The van der Waals surface area contributed by atoms with Crippen molar-refractivity contribution in [3.8, 4) is 0 Å². The molecule has 0 bridgehead atoms. The summed E-state index contributed by atoms with van der Waals surface area (Å²) in [4.78, 5) is 37.1. The molecule has 0 saturated carbocycles. The molecule has 1 heterocycles. The Morgan fingerprint density at radius 3 is 2.50 bits per heavy atom. The van der Waals surface area contributed by atoms with Crippen LogP contribution in [-0.2, 0) is 4.79 Å². The standard InChI is InChI=1S/C16H21N3O3/c1-11(15(21)19-8-3-4-9-19)17-16(22)18-14-7-5-6-13(10-14)12(2)20/h5-7,10-11H,3-4,8-9H2,1-2H3,(H2,17,18,22)/t11-/m1/s1. The van der Waals surface area contributed by atoms with Gasteiger partial charge in [-0.2, -0.15) is 0 Å². The highest BCUT2D eigenvalue weighted by Crippen LogP contribution is 2.12. The van der Waals surface area contributed by atoms with E-state index in [-0.39, 0.29) is 11.7 Å². The van der Waals surface area contributed by atoms with Crippen molar-refractivity contribution in [1.29, 1.82) is 0 Å². The summed E-state index contributed by atoms with van der Waals surface area (Å²) < 4.78 is 0. The zero-order valence-electron chi connectivity index (χ0n) is 12.9. The van der Waals surface area contributed by atoms with Gasteiger partial charge >= 0.3 is 6.03 Å². The number of anilines is 1. The number of hydrogen-bond donors (Lipinski definition) is 2. The lowest BCUT2D eigenvalue weighted by molar-refractivity contribution is -0.131. The predicted octanol–water partition coefficient (Wildman–Crippen LogP) is 2.02. The van der Waals surface area contributed by atoms with E-state index in [0.717, 1.165) is 25.9 Å². The van der Waals surface area contributed by atoms with Gasteiger partial charge in [0.05, 0.1) is 0 Å². The van der Waals surface area contributed by atoms with E-state index in [1.165, 1.54) is 6.92 Å². The number of nitrogens with zero attached hydrogens (tertiary/aromatic N) is 1. The van der Waals surface area contributed by atoms with Gasteiger partial charge in [0.25, 0.3) is 0 Å². The third-order valence-corrected chi connectivity index (χ3v) is 3.66. The van der Waals surface area contributed by atoms with E-state index in [1.807, 2.05) is 0 Å². The number of carbonyl (C=O) groups is 3. The van der Waals surface area contributed by atoms with Crippen LogP contribution in [0, 0.1) is 0 Å². The molecule has 1 saturated heterocycles. The number of amides is 3. The molecule has 1 atom stereocenters. The van der Waals surface area contributed by atoms with E-state index in [2.05, 4.69) is 10.6 Å². The first kappa shape index (κ1) is 16.0. The van der Waals surface area contributed by atoms with Gasteiger partial charge in [-0.3, -0.25) is 9.59 Å². The number of rotatable bonds is 4. The second-order valence-corrected chi connectivity index (χ2v) is 5.49. The number of hydrogen-bond acceptors (Lipinski definition) is 3. The van der Waals surface area contributed by atoms with Crippen molar-refractivity contribution in [2.45, 2.75) is 32.7 Å². The largest absolute Gasteiger partial charge is 0.341 e. The Morgan fingerprint density at radius 2 is 1.86 bits per heavy atom. The van der Waals surface area contributed by atoms with E-state index < -0.39 is 12.1 Å². The maximum absolute atomic E-state index is 12.1. The molecule has 118 valence electrons. The highest BCUT2D eigenvalue weighted by Gasteiger charge is 2.24. The van der Waals surface area contributed by atoms with E-state index in [1.54, 1.807) is 36.1 Å². The summed E-state index contributed by atoms with van der Waals surface area (Å²) in [7, 11) is 0. The summed E-state index contributed by atoms with van der Waals surface area (Å²) in [5.74, 6) is -0.133. The lowest BCUT2D eigenvalue weighted by Gasteiger charge is -2.21. The van der Waals surface area contributed by atoms with Gasteiger partial charge in [-0.25, -0.2) is 4.79 Å². The highest BCUT2D eigenvalue weighted by molar-refractivity contribution is 5.97. The summed E-state index contributed by atoms with van der Waals surface area (Å²) in [6.45, 7) is 4.66. The molecule has 2 rings (SSSR count). The summed E-state index contributed by atoms with van der Waals surface area (Å²) in [5, 5.41) is 5.27. The van der Waals surface area contributed by atoms with Crippen molar-refractivity contribution >= 4 is 23.4 Å². The first-order chi connectivity index (χ1) is 10.5. The van der Waals surface area contributed by atoms with Crippen LogP contribution in [0.4, 0.5) is 10.5 Å². The molecule has 22 heavy (non-hydrogen) atoms. The number of urea groups is 1. The van der Waals surface area contributed by atoms with E-state index >= 15 is 0 Å². The third-order valence-electron chi connectivity index (χ3n) is 3.66. The number of nitrogens with one attached hydrogen (secondary N) is 2. The Morgan fingerprint density at radius 1 is 1.18 bits per heavy atom. The summed E-state index contributed by atoms with van der Waals surface area (Å²) in [6, 6.07) is 5.65. The summed E-state index contributed by atoms with van der Waals surface area (Å²) in [5.41, 5.74) is 1.05. The van der Waals surface area contributed by atoms with Crippen molar-refractivity contribution in [2.24, 2.45) is 0 Å². The summed E-state index contributed by atoms with van der Waals surface area (Å²) >= 11 is 0. The monoisotopic (exact) mass is 303 g/mol. The van der Waals surface area contributed by atoms with E-state index in [0.29, 0.717) is 11.3 Å². The van der Waals surface area contributed by atoms with Gasteiger partial charge in [-0.1, -0.05) is 12.1 Å². The van der Waals surface area contributed by atoms with Gasteiger partial charge in [0, 0.05) is 24.3 Å². The molecular formula is C16H21N3O3. The number of likely N-dealkylation sites (tertiary alicyclic amines) is 1. The number of carbonyl (C=O) groups excluding carboxylic acids is 3. The van der Waals surface area contributed by atoms with E-state index in [4.69, 9.17) is 0 Å². The highest BCUT2D eigenvalue weighted by atomic mass is 16.2. The van der Waals surface area contributed by atoms with Crippen molar-refractivity contribution in [3.63, 3.8) is 0 Å². The fraction of sp³-hybridized carbons (Fsp3) is 0.438. The average molecular weight is 303 g/mol. The Labute approximate surface area is 129 Å². The van der Waals surface area contributed by atoms with Crippen molar-refractivity contribution in [1.82, 2.24) is 10.2 Å². The fourth-order valence-electron chi connectivity index (χ4n) is 2.45. The normalized spacial score (nSPS) is 15.3. The Balaban J connectivity index is 1.90. The summed E-state index contributed by atoms with van der Waals surface area (Å²) in [6.07, 6.45) is 2.03. The van der Waals surface area contributed by atoms with Crippen LogP contribution in [0.5, 0.6) is 0 Å². The molecule has 1 aromatic rings. The van der Waals surface area contributed by atoms with Crippen LogP contribution >= 0.6 is 0 Å². The van der Waals surface area contributed by atoms with Crippen LogP contribution in [0.25, 0.3) is 0 Å². The second-order valence-electron chi connectivity index (χ2n) is 5.49. The molecule has 2 N–H and O–H groups in total. The number of Topliss-reactive ketones (excluding diaryl/α,β-unsaturated/α-hetero) is 1. The molecule has 0 aromatic heterocycles. The molecule has 0 spiro atoms. The molecule has 3 amide bonds. The van der Waals surface area contributed by atoms with Gasteiger partial charge in [0.15, 0.2) is 5.78 Å². The molecule has 0 unspecified atom stereocenters. The lowest BCUT2D eigenvalue weighted by atomic mass is 10.1. The van der Waals surface area contributed by atoms with Gasteiger partial charge in [0.1, 0.15) is 6.04 Å². The molecule has 1 aromatic carbocycles. The Kier molecular flexibility index (Phi) is 5.14. The van der Waals surface area contributed by atoms with Crippen LogP contribution in [0.2, 0.25) is 0 Å².